The lowest BCUT2D eigenvalue weighted by molar-refractivity contribution is -0.139. The van der Waals surface area contributed by atoms with Crippen LogP contribution in [0.4, 0.5) is 17.6 Å². The number of alkyl halides is 3. The SMILES string of the molecule is Cc1c(-c2cccc(OCCC(=O)O)c2)c(=O)n(C[C@H]2c3ccccc3CCN2C)c(=O)n1Cc1c(F)cccc1C(F)(F)F. The summed E-state index contributed by atoms with van der Waals surface area (Å²) in [7, 11) is 1.87. The molecule has 0 spiro atoms. The van der Waals surface area contributed by atoms with Crippen LogP contribution in [-0.2, 0) is 30.5 Å². The second-order valence-corrected chi connectivity index (χ2v) is 11.0. The van der Waals surface area contributed by atoms with Crippen molar-refractivity contribution < 1.29 is 32.2 Å². The number of likely N-dealkylation sites (N-methyl/N-ethyl adjacent to an activating group) is 1. The maximum absolute atomic E-state index is 15.0. The first-order valence-corrected chi connectivity index (χ1v) is 14.3. The fourth-order valence-electron chi connectivity index (χ4n) is 5.81. The summed E-state index contributed by atoms with van der Waals surface area (Å²) < 4.78 is 64.4. The van der Waals surface area contributed by atoms with E-state index in [0.29, 0.717) is 12.1 Å². The van der Waals surface area contributed by atoms with Crippen molar-refractivity contribution in [2.45, 2.75) is 45.1 Å². The highest BCUT2D eigenvalue weighted by atomic mass is 19.4. The highest BCUT2D eigenvalue weighted by Crippen LogP contribution is 2.34. The monoisotopic (exact) mass is 625 g/mol. The summed E-state index contributed by atoms with van der Waals surface area (Å²) in [6, 6.07) is 16.1. The van der Waals surface area contributed by atoms with Crippen molar-refractivity contribution in [1.82, 2.24) is 14.0 Å². The van der Waals surface area contributed by atoms with Crippen LogP contribution < -0.4 is 16.0 Å². The second-order valence-electron chi connectivity index (χ2n) is 11.0. The number of carboxylic acids is 1. The van der Waals surface area contributed by atoms with E-state index in [4.69, 9.17) is 9.84 Å². The van der Waals surface area contributed by atoms with Crippen molar-refractivity contribution in [3.05, 3.63) is 121 Å². The van der Waals surface area contributed by atoms with Crippen molar-refractivity contribution in [2.24, 2.45) is 0 Å². The fraction of sp³-hybridized carbons (Fsp3) is 0.303. The molecule has 3 aromatic carbocycles. The number of aliphatic carboxylic acids is 1. The molecular weight excluding hydrogens is 594 g/mol. The van der Waals surface area contributed by atoms with Crippen molar-refractivity contribution in [2.75, 3.05) is 20.2 Å². The number of carbonyl (C=O) groups is 1. The Kier molecular flexibility index (Phi) is 8.96. The number of hydrogen-bond acceptors (Lipinski definition) is 5. The molecule has 0 aliphatic carbocycles. The third-order valence-electron chi connectivity index (χ3n) is 8.17. The first-order valence-electron chi connectivity index (χ1n) is 14.3. The van der Waals surface area contributed by atoms with Crippen molar-refractivity contribution in [1.29, 1.82) is 0 Å². The smallest absolute Gasteiger partial charge is 0.416 e. The number of nitrogens with zero attached hydrogens (tertiary/aromatic N) is 3. The van der Waals surface area contributed by atoms with E-state index in [1.165, 1.54) is 13.0 Å². The number of ether oxygens (including phenoxy) is 1. The Bertz CT molecular complexity index is 1860. The average Bonchev–Trinajstić information content (AvgIpc) is 2.98. The number of carboxylic acid groups (broad SMARTS) is 1. The summed E-state index contributed by atoms with van der Waals surface area (Å²) >= 11 is 0. The summed E-state index contributed by atoms with van der Waals surface area (Å²) in [6.45, 7) is 1.07. The molecule has 1 atom stereocenters. The molecule has 8 nitrogen and oxygen atoms in total. The number of hydrogen-bond donors (Lipinski definition) is 1. The van der Waals surface area contributed by atoms with E-state index in [2.05, 4.69) is 0 Å². The predicted octanol–water partition coefficient (Wildman–Crippen LogP) is 5.27. The van der Waals surface area contributed by atoms with Crippen molar-refractivity contribution in [3.8, 4) is 16.9 Å². The third kappa shape index (κ3) is 6.56. The zero-order valence-electron chi connectivity index (χ0n) is 24.6. The Morgan fingerprint density at radius 3 is 2.49 bits per heavy atom. The molecule has 5 rings (SSSR count). The molecule has 0 amide bonds. The number of rotatable bonds is 9. The van der Waals surface area contributed by atoms with E-state index >= 15 is 4.39 Å². The Morgan fingerprint density at radius 2 is 1.76 bits per heavy atom. The topological polar surface area (TPSA) is 93.8 Å². The summed E-state index contributed by atoms with van der Waals surface area (Å²) in [4.78, 5) is 41.2. The molecule has 0 radical (unpaired) electrons. The molecule has 1 aliphatic heterocycles. The number of halogens is 4. The van der Waals surface area contributed by atoms with Crippen molar-refractivity contribution in [3.63, 3.8) is 0 Å². The second kappa shape index (κ2) is 12.7. The maximum atomic E-state index is 15.0. The Labute approximate surface area is 255 Å². The highest BCUT2D eigenvalue weighted by Gasteiger charge is 2.35. The Morgan fingerprint density at radius 1 is 1.02 bits per heavy atom. The molecule has 1 N–H and O–H groups in total. The fourth-order valence-corrected chi connectivity index (χ4v) is 5.81. The third-order valence-corrected chi connectivity index (χ3v) is 8.17. The highest BCUT2D eigenvalue weighted by molar-refractivity contribution is 5.67. The van der Waals surface area contributed by atoms with Gasteiger partial charge in [0.25, 0.3) is 5.56 Å². The average molecular weight is 626 g/mol. The van der Waals surface area contributed by atoms with E-state index in [-0.39, 0.29) is 36.6 Å². The van der Waals surface area contributed by atoms with Crippen LogP contribution in [0.3, 0.4) is 0 Å². The molecule has 0 saturated heterocycles. The van der Waals surface area contributed by atoms with Gasteiger partial charge in [0, 0.05) is 17.8 Å². The molecule has 0 unspecified atom stereocenters. The van der Waals surface area contributed by atoms with Crippen LogP contribution in [0.2, 0.25) is 0 Å². The molecule has 236 valence electrons. The minimum Gasteiger partial charge on any atom is -0.493 e. The molecule has 0 saturated carbocycles. The summed E-state index contributed by atoms with van der Waals surface area (Å²) in [5.74, 6) is -1.94. The first kappa shape index (κ1) is 31.7. The number of aromatic nitrogens is 2. The number of fused-ring (bicyclic) bond motifs is 1. The van der Waals surface area contributed by atoms with E-state index in [1.54, 1.807) is 18.2 Å². The zero-order valence-corrected chi connectivity index (χ0v) is 24.6. The number of benzene rings is 3. The molecule has 0 fully saturated rings. The summed E-state index contributed by atoms with van der Waals surface area (Å²) in [6.07, 6.45) is -4.38. The van der Waals surface area contributed by atoms with Gasteiger partial charge in [-0.1, -0.05) is 42.5 Å². The van der Waals surface area contributed by atoms with Gasteiger partial charge in [0.1, 0.15) is 11.6 Å². The molecule has 0 bridgehead atoms. The largest absolute Gasteiger partial charge is 0.493 e. The minimum atomic E-state index is -4.89. The van der Waals surface area contributed by atoms with Crippen LogP contribution in [0.15, 0.2) is 76.3 Å². The molecule has 45 heavy (non-hydrogen) atoms. The van der Waals surface area contributed by atoms with Gasteiger partial charge in [-0.3, -0.25) is 23.6 Å². The molecule has 1 aliphatic rings. The molecule has 1 aromatic heterocycles. The lowest BCUT2D eigenvalue weighted by atomic mass is 9.93. The van der Waals surface area contributed by atoms with Gasteiger partial charge in [0.15, 0.2) is 0 Å². The lowest BCUT2D eigenvalue weighted by Crippen LogP contribution is -2.46. The van der Waals surface area contributed by atoms with Gasteiger partial charge < -0.3 is 9.84 Å². The van der Waals surface area contributed by atoms with Gasteiger partial charge in [0.2, 0.25) is 0 Å². The minimum absolute atomic E-state index is 0.0231. The summed E-state index contributed by atoms with van der Waals surface area (Å²) in [5.41, 5.74) is -1.13. The lowest BCUT2D eigenvalue weighted by Gasteiger charge is -2.35. The normalized spacial score (nSPS) is 15.1. The van der Waals surface area contributed by atoms with Gasteiger partial charge in [-0.25, -0.2) is 9.18 Å². The quantitative estimate of drug-likeness (QED) is 0.255. The standard InChI is InChI=1S/C33H31F4N3O5/c1-20-30(22-8-5-9-23(17-22)45-16-14-29(41)42)31(43)40(19-28-24-10-4-3-7-21(24)13-15-38(28)2)32(44)39(20)18-25-26(33(35,36)37)11-6-12-27(25)34/h3-12,17,28H,13-16,18-19H2,1-2H3,(H,41,42)/t28-/m0/s1. The van der Waals surface area contributed by atoms with Gasteiger partial charge in [0.05, 0.1) is 43.3 Å². The molecule has 4 aromatic rings. The predicted molar refractivity (Wildman–Crippen MR) is 159 cm³/mol. The van der Waals surface area contributed by atoms with Gasteiger partial charge in [-0.2, -0.15) is 13.2 Å². The van der Waals surface area contributed by atoms with Crippen LogP contribution in [0, 0.1) is 12.7 Å². The maximum Gasteiger partial charge on any atom is 0.416 e. The van der Waals surface area contributed by atoms with Gasteiger partial charge in [-0.05, 0) is 61.3 Å². The van der Waals surface area contributed by atoms with E-state index in [1.807, 2.05) is 36.2 Å². The van der Waals surface area contributed by atoms with E-state index in [9.17, 15) is 27.6 Å². The first-order chi connectivity index (χ1) is 21.4. The van der Waals surface area contributed by atoms with E-state index in [0.717, 1.165) is 44.9 Å². The van der Waals surface area contributed by atoms with Gasteiger partial charge in [-0.15, -0.1) is 0 Å². The molecule has 2 heterocycles. The summed E-state index contributed by atoms with van der Waals surface area (Å²) in [5, 5.41) is 8.95. The van der Waals surface area contributed by atoms with Crippen LogP contribution >= 0.6 is 0 Å². The zero-order chi connectivity index (χ0) is 32.5. The molecular formula is C33H31F4N3O5. The van der Waals surface area contributed by atoms with Gasteiger partial charge >= 0.3 is 17.8 Å². The Balaban J connectivity index is 1.70. The van der Waals surface area contributed by atoms with Crippen LogP contribution in [0.1, 0.15) is 40.4 Å². The van der Waals surface area contributed by atoms with Crippen LogP contribution in [0.5, 0.6) is 5.75 Å². The van der Waals surface area contributed by atoms with E-state index < -0.39 is 52.9 Å². The van der Waals surface area contributed by atoms with Crippen molar-refractivity contribution >= 4 is 5.97 Å². The Hall–Kier alpha value is -4.71. The molecule has 12 heteroatoms. The van der Waals surface area contributed by atoms with Crippen LogP contribution in [0.25, 0.3) is 11.1 Å². The van der Waals surface area contributed by atoms with Crippen LogP contribution in [-0.4, -0.2) is 45.3 Å².